The quantitative estimate of drug-likeness (QED) is 0.846. The van der Waals surface area contributed by atoms with Crippen LogP contribution in [0.3, 0.4) is 0 Å². The van der Waals surface area contributed by atoms with Crippen LogP contribution < -0.4 is 5.73 Å². The number of nitrogens with two attached hydrogens (primary N) is 1. The summed E-state index contributed by atoms with van der Waals surface area (Å²) in [6.45, 7) is 1.07. The van der Waals surface area contributed by atoms with Gasteiger partial charge >= 0.3 is 0 Å². The Kier molecular flexibility index (Phi) is 3.15. The van der Waals surface area contributed by atoms with Crippen molar-refractivity contribution < 1.29 is 4.74 Å². The van der Waals surface area contributed by atoms with Crippen molar-refractivity contribution in [2.75, 3.05) is 6.61 Å². The Morgan fingerprint density at radius 3 is 1.89 bits per heavy atom. The minimum Gasteiger partial charge on any atom is -0.378 e. The zero-order valence-corrected chi connectivity index (χ0v) is 12.2. The molecule has 2 nitrogen and oxygen atoms in total. The van der Waals surface area contributed by atoms with E-state index in [0.717, 1.165) is 24.4 Å². The fourth-order valence-corrected chi connectivity index (χ4v) is 6.02. The first-order valence-corrected chi connectivity index (χ1v) is 8.58. The Morgan fingerprint density at radius 2 is 1.37 bits per heavy atom. The maximum atomic E-state index is 6.36. The molecule has 0 spiro atoms. The van der Waals surface area contributed by atoms with Crippen molar-refractivity contribution in [2.24, 2.45) is 28.9 Å². The van der Waals surface area contributed by atoms with Crippen LogP contribution in [0.4, 0.5) is 0 Å². The highest BCUT2D eigenvalue weighted by molar-refractivity contribution is 5.01. The highest BCUT2D eigenvalue weighted by Crippen LogP contribution is 2.60. The highest BCUT2D eigenvalue weighted by atomic mass is 16.5. The number of hydrogen-bond donors (Lipinski definition) is 1. The lowest BCUT2D eigenvalue weighted by atomic mass is 9.50. The zero-order chi connectivity index (χ0) is 12.9. The van der Waals surface area contributed by atoms with Crippen molar-refractivity contribution in [3.8, 4) is 0 Å². The van der Waals surface area contributed by atoms with Gasteiger partial charge in [0.1, 0.15) is 0 Å². The van der Waals surface area contributed by atoms with Crippen molar-refractivity contribution in [1.29, 1.82) is 0 Å². The van der Waals surface area contributed by atoms with E-state index in [1.165, 1.54) is 64.2 Å². The second-order valence-electron chi connectivity index (χ2n) is 8.27. The maximum absolute atomic E-state index is 6.36. The van der Waals surface area contributed by atoms with E-state index in [1.54, 1.807) is 0 Å². The fourth-order valence-electron chi connectivity index (χ4n) is 6.02. The molecule has 0 aromatic rings. The predicted molar refractivity (Wildman–Crippen MR) is 76.8 cm³/mol. The summed E-state index contributed by atoms with van der Waals surface area (Å²) in [5.41, 5.74) is 6.58. The van der Waals surface area contributed by atoms with Gasteiger partial charge in [-0.3, -0.25) is 0 Å². The molecule has 0 aromatic carbocycles. The normalized spacial score (nSPS) is 52.6. The van der Waals surface area contributed by atoms with E-state index in [4.69, 9.17) is 10.5 Å². The van der Waals surface area contributed by atoms with Gasteiger partial charge in [0, 0.05) is 6.04 Å². The van der Waals surface area contributed by atoms with Crippen LogP contribution in [-0.4, -0.2) is 18.8 Å². The molecule has 2 N–H and O–H groups in total. The summed E-state index contributed by atoms with van der Waals surface area (Å²) in [6, 6.07) is 0.444. The first-order chi connectivity index (χ1) is 9.21. The van der Waals surface area contributed by atoms with Crippen molar-refractivity contribution in [1.82, 2.24) is 0 Å². The topological polar surface area (TPSA) is 35.2 Å². The van der Waals surface area contributed by atoms with E-state index >= 15 is 0 Å². The van der Waals surface area contributed by atoms with Gasteiger partial charge in [0.25, 0.3) is 0 Å². The van der Waals surface area contributed by atoms with Crippen LogP contribution >= 0.6 is 0 Å². The first kappa shape index (κ1) is 12.6. The largest absolute Gasteiger partial charge is 0.378 e. The SMILES string of the molecule is NC1CCC(OCC23CC4CC(CC(C4)C2)C3)CC1. The third kappa shape index (κ3) is 2.47. The molecule has 0 aliphatic heterocycles. The molecule has 19 heavy (non-hydrogen) atoms. The van der Waals surface area contributed by atoms with Gasteiger partial charge in [-0.1, -0.05) is 0 Å². The number of rotatable bonds is 3. The summed E-state index contributed by atoms with van der Waals surface area (Å²) >= 11 is 0. The van der Waals surface area contributed by atoms with E-state index in [0.29, 0.717) is 17.6 Å². The van der Waals surface area contributed by atoms with Crippen molar-refractivity contribution in [3.05, 3.63) is 0 Å². The standard InChI is InChI=1S/C17H29NO/c18-15-1-3-16(4-2-15)19-11-17-8-12-5-13(9-17)7-14(6-12)10-17/h12-16H,1-11,18H2. The molecule has 2 heteroatoms. The minimum absolute atomic E-state index is 0.444. The van der Waals surface area contributed by atoms with Crippen LogP contribution in [0.1, 0.15) is 64.2 Å². The Balaban J connectivity index is 1.35. The molecular formula is C17H29NO. The van der Waals surface area contributed by atoms with Crippen molar-refractivity contribution in [3.63, 3.8) is 0 Å². The molecule has 5 fully saturated rings. The minimum atomic E-state index is 0.444. The lowest BCUT2D eigenvalue weighted by Gasteiger charge is -2.57. The average Bonchev–Trinajstić information content (AvgIpc) is 2.36. The Hall–Kier alpha value is -0.0800. The monoisotopic (exact) mass is 263 g/mol. The summed E-state index contributed by atoms with van der Waals surface area (Å²) in [7, 11) is 0. The first-order valence-electron chi connectivity index (χ1n) is 8.58. The molecule has 5 saturated carbocycles. The molecule has 4 bridgehead atoms. The maximum Gasteiger partial charge on any atom is 0.0576 e. The number of ether oxygens (including phenoxy) is 1. The third-order valence-corrected chi connectivity index (χ3v) is 6.51. The molecular weight excluding hydrogens is 234 g/mol. The van der Waals surface area contributed by atoms with Gasteiger partial charge in [-0.05, 0) is 87.4 Å². The molecule has 0 saturated heterocycles. The van der Waals surface area contributed by atoms with Gasteiger partial charge in [-0.15, -0.1) is 0 Å². The van der Waals surface area contributed by atoms with Crippen molar-refractivity contribution in [2.45, 2.75) is 76.4 Å². The van der Waals surface area contributed by atoms with E-state index < -0.39 is 0 Å². The smallest absolute Gasteiger partial charge is 0.0576 e. The molecule has 0 amide bonds. The zero-order valence-electron chi connectivity index (χ0n) is 12.2. The molecule has 0 heterocycles. The van der Waals surface area contributed by atoms with E-state index in [2.05, 4.69) is 0 Å². The third-order valence-electron chi connectivity index (χ3n) is 6.51. The van der Waals surface area contributed by atoms with Crippen LogP contribution in [-0.2, 0) is 4.74 Å². The molecule has 108 valence electrons. The van der Waals surface area contributed by atoms with Crippen molar-refractivity contribution >= 4 is 0 Å². The van der Waals surface area contributed by atoms with E-state index in [-0.39, 0.29) is 0 Å². The van der Waals surface area contributed by atoms with Gasteiger partial charge in [0.2, 0.25) is 0 Å². The van der Waals surface area contributed by atoms with E-state index in [9.17, 15) is 0 Å². The van der Waals surface area contributed by atoms with E-state index in [1.807, 2.05) is 0 Å². The van der Waals surface area contributed by atoms with Gasteiger partial charge in [0.05, 0.1) is 12.7 Å². The highest BCUT2D eigenvalue weighted by Gasteiger charge is 2.51. The summed E-state index contributed by atoms with van der Waals surface area (Å²) in [5, 5.41) is 0. The van der Waals surface area contributed by atoms with Gasteiger partial charge in [0.15, 0.2) is 0 Å². The second-order valence-corrected chi connectivity index (χ2v) is 8.27. The Morgan fingerprint density at radius 1 is 0.842 bits per heavy atom. The van der Waals surface area contributed by atoms with Gasteiger partial charge in [-0.25, -0.2) is 0 Å². The second kappa shape index (κ2) is 4.73. The lowest BCUT2D eigenvalue weighted by Crippen LogP contribution is -2.48. The molecule has 0 atom stereocenters. The Labute approximate surface area is 117 Å². The molecule has 5 aliphatic carbocycles. The van der Waals surface area contributed by atoms with Crippen LogP contribution in [0.2, 0.25) is 0 Å². The summed E-state index contributed by atoms with van der Waals surface area (Å²) in [6.07, 6.45) is 14.3. The van der Waals surface area contributed by atoms with Crippen LogP contribution in [0, 0.1) is 23.2 Å². The molecule has 0 unspecified atom stereocenters. The average molecular weight is 263 g/mol. The molecule has 0 radical (unpaired) electrons. The number of hydrogen-bond acceptors (Lipinski definition) is 2. The van der Waals surface area contributed by atoms with Gasteiger partial charge < -0.3 is 10.5 Å². The van der Waals surface area contributed by atoms with Gasteiger partial charge in [-0.2, -0.15) is 0 Å². The molecule has 5 rings (SSSR count). The van der Waals surface area contributed by atoms with Crippen LogP contribution in [0.15, 0.2) is 0 Å². The lowest BCUT2D eigenvalue weighted by molar-refractivity contribution is -0.116. The summed E-state index contributed by atoms with van der Waals surface area (Å²) in [5.74, 6) is 3.15. The van der Waals surface area contributed by atoms with Crippen LogP contribution in [0.25, 0.3) is 0 Å². The molecule has 5 aliphatic rings. The van der Waals surface area contributed by atoms with Crippen LogP contribution in [0.5, 0.6) is 0 Å². The predicted octanol–water partition coefficient (Wildman–Crippen LogP) is 3.49. The summed E-state index contributed by atoms with van der Waals surface area (Å²) < 4.78 is 6.36. The fraction of sp³-hybridized carbons (Fsp3) is 1.00. The Bertz CT molecular complexity index is 297. The molecule has 0 aromatic heterocycles. The summed E-state index contributed by atoms with van der Waals surface area (Å²) in [4.78, 5) is 0.